The highest BCUT2D eigenvalue weighted by molar-refractivity contribution is 14.1. The number of carbonyl (C=O) groups is 6. The number of nitrogens with one attached hydrogen (secondary N) is 8. The van der Waals surface area contributed by atoms with Gasteiger partial charge in [0, 0.05) is 73.4 Å². The van der Waals surface area contributed by atoms with Gasteiger partial charge in [0.05, 0.1) is 24.1 Å². The fraction of sp³-hybridized carbons (Fsp3) is 0.568. The number of H-pyrrole nitrogens is 1. The third kappa shape index (κ3) is 20.4. The highest BCUT2D eigenvalue weighted by Gasteiger charge is 2.35. The predicted octanol–water partition coefficient (Wildman–Crippen LogP) is -3.14. The number of nitrogens with zero attached hydrogens (tertiary/aromatic N) is 6. The molecule has 71 heavy (non-hydrogen) atoms. The molecule has 4 rings (SSSR count). The summed E-state index contributed by atoms with van der Waals surface area (Å²) in [5.74, 6) is -4.44. The Morgan fingerprint density at radius 2 is 1.44 bits per heavy atom. The number of fused-ring (bicyclic) bond motifs is 2. The summed E-state index contributed by atoms with van der Waals surface area (Å²) in [5.41, 5.74) is 29.7. The average molecular weight is 1100 g/mol. The number of aryl methyl sites for hydroxylation is 1. The summed E-state index contributed by atoms with van der Waals surface area (Å²) < 4.78 is 4.53. The van der Waals surface area contributed by atoms with Crippen molar-refractivity contribution in [3.8, 4) is 0 Å². The second-order valence-electron chi connectivity index (χ2n) is 17.8. The van der Waals surface area contributed by atoms with Crippen LogP contribution >= 0.6 is 22.9 Å². The number of guanidine groups is 2. The summed E-state index contributed by atoms with van der Waals surface area (Å²) >= 11 is 1.84. The van der Waals surface area contributed by atoms with E-state index in [-0.39, 0.29) is 88.7 Å². The van der Waals surface area contributed by atoms with Crippen LogP contribution in [-0.2, 0) is 54.6 Å². The molecule has 1 aromatic carbocycles. The van der Waals surface area contributed by atoms with Gasteiger partial charge >= 0.3 is 0 Å². The molecule has 2 bridgehead atoms. The normalized spacial score (nSPS) is 23.8. The predicted molar refractivity (Wildman–Crippen MR) is 272 cm³/mol. The van der Waals surface area contributed by atoms with Crippen molar-refractivity contribution < 1.29 is 33.9 Å². The van der Waals surface area contributed by atoms with Crippen molar-refractivity contribution in [2.24, 2.45) is 44.6 Å². The van der Waals surface area contributed by atoms with E-state index in [1.165, 1.54) is 12.5 Å². The second kappa shape index (κ2) is 29.7. The van der Waals surface area contributed by atoms with E-state index in [0.29, 0.717) is 36.3 Å². The maximum absolute atomic E-state index is 14.6. The van der Waals surface area contributed by atoms with Crippen molar-refractivity contribution in [1.29, 1.82) is 0 Å². The van der Waals surface area contributed by atoms with E-state index < -0.39 is 84.0 Å². The molecule has 19 N–H and O–H groups in total. The van der Waals surface area contributed by atoms with Gasteiger partial charge in [-0.25, -0.2) is 8.51 Å². The Balaban J connectivity index is 1.77. The number of halogens is 1. The number of hydrogen-bond donors (Lipinski definition) is 14. The van der Waals surface area contributed by atoms with Gasteiger partial charge < -0.3 is 65.3 Å². The number of aliphatic hydroxyl groups is 1. The Kier molecular flexibility index (Phi) is 23.9. The molecule has 0 radical (unpaired) electrons. The number of nitrogens with two attached hydrogens (primary N) is 5. The van der Waals surface area contributed by atoms with Crippen LogP contribution in [0.2, 0.25) is 0 Å². The minimum Gasteiger partial charge on any atom is -0.376 e. The van der Waals surface area contributed by atoms with Crippen LogP contribution in [0.4, 0.5) is 0 Å². The lowest BCUT2D eigenvalue weighted by Gasteiger charge is -2.31. The van der Waals surface area contributed by atoms with Crippen molar-refractivity contribution in [1.82, 2.24) is 60.4 Å². The van der Waals surface area contributed by atoms with Crippen LogP contribution in [0.1, 0.15) is 82.2 Å². The van der Waals surface area contributed by atoms with Gasteiger partial charge in [-0.3, -0.25) is 48.8 Å². The van der Waals surface area contributed by atoms with Gasteiger partial charge in [-0.15, -0.1) is 5.10 Å². The van der Waals surface area contributed by atoms with Gasteiger partial charge in [-0.2, -0.15) is 0 Å². The van der Waals surface area contributed by atoms with E-state index in [1.54, 1.807) is 41.2 Å². The fourth-order valence-corrected chi connectivity index (χ4v) is 8.24. The van der Waals surface area contributed by atoms with E-state index >= 15 is 0 Å². The number of carbonyl (C=O) groups excluding carboxylic acids is 6. The van der Waals surface area contributed by atoms with Crippen LogP contribution < -0.4 is 64.1 Å². The topological polar surface area (TPSA) is 421 Å². The molecule has 0 saturated heterocycles. The number of hydrogen-bond acceptors (Lipinski definition) is 14. The minimum atomic E-state index is -1.62. The molecular weight excluding hydrogens is 1030 g/mol. The molecule has 0 aliphatic carbocycles. The Labute approximate surface area is 426 Å². The Morgan fingerprint density at radius 3 is 2.06 bits per heavy atom. The lowest BCUT2D eigenvalue weighted by Crippen LogP contribution is -2.62. The van der Waals surface area contributed by atoms with E-state index in [0.717, 1.165) is 0 Å². The number of amides is 6. The summed E-state index contributed by atoms with van der Waals surface area (Å²) in [6.45, 7) is 4.39. The summed E-state index contributed by atoms with van der Waals surface area (Å²) in [6.07, 6.45) is 4.97. The van der Waals surface area contributed by atoms with Gasteiger partial charge in [0.25, 0.3) is 0 Å². The van der Waals surface area contributed by atoms with Gasteiger partial charge in [0.1, 0.15) is 36.4 Å². The van der Waals surface area contributed by atoms with Gasteiger partial charge in [-0.1, -0.05) is 49.4 Å². The number of aliphatic imine (C=N–C) groups is 2. The van der Waals surface area contributed by atoms with Gasteiger partial charge in [0.15, 0.2) is 11.9 Å². The van der Waals surface area contributed by atoms with Crippen molar-refractivity contribution in [3.05, 3.63) is 66.0 Å². The molecule has 1 aliphatic rings. The van der Waals surface area contributed by atoms with Crippen LogP contribution in [0.5, 0.6) is 0 Å². The molecule has 8 atom stereocenters. The molecule has 0 saturated carbocycles. The molecule has 6 amide bonds. The number of aliphatic hydroxyl groups excluding tert-OH is 1. The zero-order valence-electron chi connectivity index (χ0n) is 40.1. The molecule has 1 unspecified atom stereocenters. The van der Waals surface area contributed by atoms with Crippen molar-refractivity contribution in [2.45, 2.75) is 140 Å². The van der Waals surface area contributed by atoms with E-state index in [1.807, 2.05) is 36.7 Å². The van der Waals surface area contributed by atoms with Crippen molar-refractivity contribution >= 4 is 70.2 Å². The third-order valence-corrected chi connectivity index (χ3v) is 12.2. The minimum absolute atomic E-state index is 0.0443. The van der Waals surface area contributed by atoms with E-state index in [2.05, 4.69) is 65.7 Å². The average Bonchev–Trinajstić information content (AvgIpc) is 4.02. The van der Waals surface area contributed by atoms with E-state index in [4.69, 9.17) is 28.7 Å². The summed E-state index contributed by atoms with van der Waals surface area (Å²) in [5, 5.41) is 37.5. The molecule has 26 nitrogen and oxygen atoms in total. The molecule has 0 spiro atoms. The maximum Gasteiger partial charge on any atom is 0.243 e. The Bertz CT molecular complexity index is 2220. The Hall–Kier alpha value is -6.46. The largest absolute Gasteiger partial charge is 0.376 e. The van der Waals surface area contributed by atoms with E-state index in [9.17, 15) is 33.9 Å². The van der Waals surface area contributed by atoms with Crippen LogP contribution in [0, 0.1) is 5.92 Å². The molecule has 3 aromatic rings. The number of primary amides is 1. The smallest absolute Gasteiger partial charge is 0.243 e. The highest BCUT2D eigenvalue weighted by atomic mass is 127. The monoisotopic (exact) mass is 1100 g/mol. The molecule has 390 valence electrons. The van der Waals surface area contributed by atoms with Crippen LogP contribution in [0.25, 0.3) is 0 Å². The molecule has 1 aliphatic heterocycles. The third-order valence-electron chi connectivity index (χ3n) is 11.4. The number of benzene rings is 1. The SMILES string of the molecule is CC(C)C[C@H]1NC(=O)[C@@H](CCCN=C(N)N)NC(O)[C@@H](Cc2ccccc2)NC(=O)[C@@H](Cc2cnc[nH]2)NC(=O)[C@@H](CCCN=C(N)N)NC(=O)[C@@H](NI)Cc2cn(nn2)CCCC[C@@H](C(N)=O)NC1=O. The first-order chi connectivity index (χ1) is 33.9. The number of aromatic amines is 1. The number of rotatable bonds is 16. The lowest BCUT2D eigenvalue weighted by molar-refractivity contribution is -0.133. The lowest BCUT2D eigenvalue weighted by atomic mass is 10.00. The van der Waals surface area contributed by atoms with Gasteiger partial charge in [0.2, 0.25) is 35.4 Å². The molecular formula is C44H70IN19O7. The first kappa shape index (κ1) is 57.1. The molecule has 2 aromatic heterocycles. The number of aromatic nitrogens is 5. The maximum atomic E-state index is 14.6. The second-order valence-corrected chi connectivity index (χ2v) is 18.4. The first-order valence-corrected chi connectivity index (χ1v) is 24.6. The quantitative estimate of drug-likeness (QED) is 0.0222. The van der Waals surface area contributed by atoms with Crippen LogP contribution in [-0.4, -0.2) is 139 Å². The molecule has 27 heteroatoms. The fourth-order valence-electron chi connectivity index (χ4n) is 7.74. The molecule has 0 fully saturated rings. The van der Waals surface area contributed by atoms with Gasteiger partial charge in [-0.05, 0) is 69.3 Å². The zero-order chi connectivity index (χ0) is 51.9. The summed E-state index contributed by atoms with van der Waals surface area (Å²) in [4.78, 5) is 98.9. The summed E-state index contributed by atoms with van der Waals surface area (Å²) in [7, 11) is 0. The summed E-state index contributed by atoms with van der Waals surface area (Å²) in [6, 6.07) is 1.08. The highest BCUT2D eigenvalue weighted by Crippen LogP contribution is 2.14. The van der Waals surface area contributed by atoms with Crippen LogP contribution in [0.15, 0.2) is 59.0 Å². The van der Waals surface area contributed by atoms with Crippen molar-refractivity contribution in [3.63, 3.8) is 0 Å². The first-order valence-electron chi connectivity index (χ1n) is 23.5. The Morgan fingerprint density at radius 1 is 0.817 bits per heavy atom. The zero-order valence-corrected chi connectivity index (χ0v) is 42.2. The number of imidazole rings is 1. The van der Waals surface area contributed by atoms with Crippen molar-refractivity contribution in [2.75, 3.05) is 13.1 Å². The van der Waals surface area contributed by atoms with Crippen LogP contribution in [0.3, 0.4) is 0 Å². The molecule has 3 heterocycles. The standard InChI is InChI=1S/C44H70IN19O7/c1-25(2)18-32-39(68)55-29(36(46)65)12-6-7-17-64-23-28(62-63-64)21-35(61-45)42(71)57-31(14-9-16-53-44(49)50)38(67)60-34(20-27-22-51-24-54-27)41(70)59-33(19-26-10-4-3-5-11-26)40(69)56-30(37(66)58-32)13-8-15-52-43(47)48/h3-5,10-11,22-25,29-35,40,56,61,69H,6-9,12-21H2,1-2H3,(H2,46,65)(H,51,54)(H,55,68)(H,57,71)(H,58,66)(H,59,70)(H,60,67)(H4,47,48,52)(H4,49,50,53)/t29-,30+,31+,32+,33+,34+,35-,40?/m0/s1.